The molecule has 1 aromatic carbocycles. The van der Waals surface area contributed by atoms with Gasteiger partial charge in [-0.2, -0.15) is 0 Å². The van der Waals surface area contributed by atoms with Gasteiger partial charge in [-0.3, -0.25) is 0 Å². The fraction of sp³-hybridized carbons (Fsp3) is 0.455. The Labute approximate surface area is 96.2 Å². The topological polar surface area (TPSA) is 66.4 Å². The van der Waals surface area contributed by atoms with Crippen LogP contribution in [-0.2, 0) is 16.3 Å². The van der Waals surface area contributed by atoms with Crippen LogP contribution >= 0.6 is 0 Å². The second kappa shape index (κ2) is 4.84. The van der Waals surface area contributed by atoms with Crippen molar-refractivity contribution in [1.82, 2.24) is 5.32 Å². The highest BCUT2D eigenvalue weighted by atomic mass is 32.2. The van der Waals surface area contributed by atoms with Crippen LogP contribution in [0.25, 0.3) is 0 Å². The molecule has 0 unspecified atom stereocenters. The van der Waals surface area contributed by atoms with Gasteiger partial charge >= 0.3 is 0 Å². The minimum atomic E-state index is -3.24. The van der Waals surface area contributed by atoms with Crippen molar-refractivity contribution in [2.45, 2.75) is 18.2 Å². The minimum Gasteiger partial charge on any atom is -0.508 e. The van der Waals surface area contributed by atoms with Crippen molar-refractivity contribution < 1.29 is 13.5 Å². The van der Waals surface area contributed by atoms with Crippen LogP contribution < -0.4 is 5.32 Å². The number of phenols is 1. The molecule has 0 fully saturated rings. The fourth-order valence-electron chi connectivity index (χ4n) is 1.51. The van der Waals surface area contributed by atoms with E-state index in [0.29, 0.717) is 29.0 Å². The molecule has 0 spiro atoms. The predicted molar refractivity (Wildman–Crippen MR) is 63.6 cm³/mol. The van der Waals surface area contributed by atoms with Crippen LogP contribution in [0.3, 0.4) is 0 Å². The van der Waals surface area contributed by atoms with E-state index in [-0.39, 0.29) is 5.75 Å². The number of aryl methyl sites for hydroxylation is 1. The summed E-state index contributed by atoms with van der Waals surface area (Å²) in [6.07, 6.45) is 1.76. The fourth-order valence-corrected chi connectivity index (χ4v) is 2.54. The van der Waals surface area contributed by atoms with Crippen molar-refractivity contribution in [3.8, 4) is 5.75 Å². The lowest BCUT2D eigenvalue weighted by Crippen LogP contribution is -2.13. The number of rotatable bonds is 4. The van der Waals surface area contributed by atoms with Gasteiger partial charge in [-0.1, -0.05) is 0 Å². The van der Waals surface area contributed by atoms with Gasteiger partial charge in [-0.15, -0.1) is 0 Å². The Morgan fingerprint density at radius 3 is 2.50 bits per heavy atom. The van der Waals surface area contributed by atoms with Gasteiger partial charge in [0, 0.05) is 6.26 Å². The zero-order valence-corrected chi connectivity index (χ0v) is 10.6. The van der Waals surface area contributed by atoms with E-state index in [4.69, 9.17) is 0 Å². The molecule has 0 amide bonds. The molecule has 0 saturated heterocycles. The van der Waals surface area contributed by atoms with Crippen molar-refractivity contribution in [1.29, 1.82) is 0 Å². The molecule has 90 valence electrons. The number of aromatic hydroxyl groups is 1. The zero-order chi connectivity index (χ0) is 12.3. The molecule has 0 saturated carbocycles. The second-order valence-corrected chi connectivity index (χ2v) is 5.86. The number of sulfone groups is 1. The Kier molecular flexibility index (Phi) is 3.93. The molecule has 0 atom stereocenters. The van der Waals surface area contributed by atoms with E-state index in [0.717, 1.165) is 0 Å². The third-order valence-corrected chi connectivity index (χ3v) is 3.60. The van der Waals surface area contributed by atoms with Gasteiger partial charge in [0.05, 0.1) is 4.90 Å². The average Bonchev–Trinajstić information content (AvgIpc) is 2.17. The number of likely N-dealkylation sites (N-methyl/N-ethyl adjacent to an activating group) is 1. The third-order valence-electron chi connectivity index (χ3n) is 2.42. The molecule has 0 aliphatic rings. The Bertz CT molecular complexity index is 480. The lowest BCUT2D eigenvalue weighted by atomic mass is 10.1. The van der Waals surface area contributed by atoms with E-state index >= 15 is 0 Å². The number of nitrogens with one attached hydrogen (secondary N) is 1. The molecule has 0 heterocycles. The van der Waals surface area contributed by atoms with Crippen LogP contribution in [-0.4, -0.2) is 33.4 Å². The summed E-state index contributed by atoms with van der Waals surface area (Å²) < 4.78 is 23.2. The maximum absolute atomic E-state index is 11.6. The van der Waals surface area contributed by atoms with Crippen molar-refractivity contribution >= 4 is 9.84 Å². The van der Waals surface area contributed by atoms with Crippen LogP contribution in [0, 0.1) is 6.92 Å². The number of hydrogen-bond donors (Lipinski definition) is 2. The monoisotopic (exact) mass is 243 g/mol. The van der Waals surface area contributed by atoms with Gasteiger partial charge in [0.15, 0.2) is 9.84 Å². The first kappa shape index (κ1) is 13.0. The Morgan fingerprint density at radius 2 is 2.00 bits per heavy atom. The number of benzene rings is 1. The Balaban J connectivity index is 3.28. The first-order valence-corrected chi connectivity index (χ1v) is 6.92. The summed E-state index contributed by atoms with van der Waals surface area (Å²) in [6, 6.07) is 3.05. The Hall–Kier alpha value is -1.07. The molecule has 0 bridgehead atoms. The van der Waals surface area contributed by atoms with Crippen LogP contribution in [0.1, 0.15) is 11.1 Å². The molecule has 4 nitrogen and oxygen atoms in total. The largest absolute Gasteiger partial charge is 0.508 e. The van der Waals surface area contributed by atoms with E-state index < -0.39 is 9.84 Å². The SMILES string of the molecule is CNCCc1cc(O)c(C)cc1S(C)(=O)=O. The van der Waals surface area contributed by atoms with Gasteiger partial charge in [-0.05, 0) is 50.2 Å². The van der Waals surface area contributed by atoms with Gasteiger partial charge in [0.25, 0.3) is 0 Å². The van der Waals surface area contributed by atoms with Crippen molar-refractivity contribution in [3.63, 3.8) is 0 Å². The van der Waals surface area contributed by atoms with Crippen LogP contribution in [0.2, 0.25) is 0 Å². The zero-order valence-electron chi connectivity index (χ0n) is 9.74. The molecule has 0 aliphatic carbocycles. The smallest absolute Gasteiger partial charge is 0.175 e. The molecule has 0 radical (unpaired) electrons. The van der Waals surface area contributed by atoms with Crippen molar-refractivity contribution in [2.24, 2.45) is 0 Å². The lowest BCUT2D eigenvalue weighted by molar-refractivity contribution is 0.469. The number of phenolic OH excluding ortho intramolecular Hbond substituents is 1. The highest BCUT2D eigenvalue weighted by molar-refractivity contribution is 7.90. The maximum Gasteiger partial charge on any atom is 0.175 e. The average molecular weight is 243 g/mol. The van der Waals surface area contributed by atoms with Crippen LogP contribution in [0.15, 0.2) is 17.0 Å². The summed E-state index contributed by atoms with van der Waals surface area (Å²) in [5.41, 5.74) is 1.23. The molecular weight excluding hydrogens is 226 g/mol. The molecule has 5 heteroatoms. The van der Waals surface area contributed by atoms with Gasteiger partial charge < -0.3 is 10.4 Å². The van der Waals surface area contributed by atoms with E-state index in [1.165, 1.54) is 18.4 Å². The van der Waals surface area contributed by atoms with Crippen LogP contribution in [0.5, 0.6) is 5.75 Å². The van der Waals surface area contributed by atoms with E-state index in [1.807, 2.05) is 0 Å². The summed E-state index contributed by atoms with van der Waals surface area (Å²) in [5, 5.41) is 12.5. The predicted octanol–water partition coefficient (Wildman–Crippen LogP) is 0.866. The summed E-state index contributed by atoms with van der Waals surface area (Å²) in [6.45, 7) is 2.36. The normalized spacial score (nSPS) is 11.7. The van der Waals surface area contributed by atoms with Crippen molar-refractivity contribution in [3.05, 3.63) is 23.3 Å². The van der Waals surface area contributed by atoms with Gasteiger partial charge in [-0.25, -0.2) is 8.42 Å². The van der Waals surface area contributed by atoms with E-state index in [2.05, 4.69) is 5.32 Å². The molecule has 1 rings (SSSR count). The van der Waals surface area contributed by atoms with E-state index in [1.54, 1.807) is 14.0 Å². The quantitative estimate of drug-likeness (QED) is 0.823. The van der Waals surface area contributed by atoms with E-state index in [9.17, 15) is 13.5 Å². The molecule has 16 heavy (non-hydrogen) atoms. The standard InChI is InChI=1S/C11H17NO3S/c1-8-6-11(16(3,14)15)9(4-5-12-2)7-10(8)13/h6-7,12-13H,4-5H2,1-3H3. The van der Waals surface area contributed by atoms with Crippen LogP contribution in [0.4, 0.5) is 0 Å². The van der Waals surface area contributed by atoms with Gasteiger partial charge in [0.2, 0.25) is 0 Å². The third kappa shape index (κ3) is 2.96. The molecule has 2 N–H and O–H groups in total. The Morgan fingerprint density at radius 1 is 1.38 bits per heavy atom. The van der Waals surface area contributed by atoms with Crippen molar-refractivity contribution in [2.75, 3.05) is 19.8 Å². The maximum atomic E-state index is 11.6. The molecule has 0 aliphatic heterocycles. The van der Waals surface area contributed by atoms with Gasteiger partial charge in [0.1, 0.15) is 5.75 Å². The highest BCUT2D eigenvalue weighted by Crippen LogP contribution is 2.25. The highest BCUT2D eigenvalue weighted by Gasteiger charge is 2.15. The summed E-state index contributed by atoms with van der Waals surface area (Å²) in [5.74, 6) is 0.138. The summed E-state index contributed by atoms with van der Waals surface area (Å²) in [4.78, 5) is 0.304. The second-order valence-electron chi connectivity index (χ2n) is 3.87. The molecule has 1 aromatic rings. The number of hydrogen-bond acceptors (Lipinski definition) is 4. The summed E-state index contributed by atoms with van der Waals surface area (Å²) >= 11 is 0. The first-order chi connectivity index (χ1) is 7.36. The first-order valence-electron chi connectivity index (χ1n) is 5.03. The molecular formula is C11H17NO3S. The molecule has 0 aromatic heterocycles. The summed E-state index contributed by atoms with van der Waals surface area (Å²) in [7, 11) is -1.44. The minimum absolute atomic E-state index is 0.138. The lowest BCUT2D eigenvalue weighted by Gasteiger charge is -2.10.